The number of primary amides is 1. The van der Waals surface area contributed by atoms with Crippen molar-refractivity contribution in [2.75, 3.05) is 7.11 Å². The normalized spacial score (nSPS) is 11.0. The van der Waals surface area contributed by atoms with Crippen LogP contribution < -0.4 is 10.5 Å². The highest BCUT2D eigenvalue weighted by Gasteiger charge is 2.17. The second kappa shape index (κ2) is 5.43. The fraction of sp³-hybridized carbons (Fsp3) is 0.222. The maximum absolute atomic E-state index is 11.7. The van der Waals surface area contributed by atoms with E-state index in [0.29, 0.717) is 5.56 Å². The Morgan fingerprint density at radius 2 is 2.00 bits per heavy atom. The van der Waals surface area contributed by atoms with Crippen LogP contribution in [0.15, 0.2) is 30.5 Å². The lowest BCUT2D eigenvalue weighted by molar-refractivity contribution is 0.100. The second-order valence-electron chi connectivity index (χ2n) is 5.67. The van der Waals surface area contributed by atoms with Crippen molar-refractivity contribution < 1.29 is 9.53 Å². The SMILES string of the molecule is COc1ccc(C)c(-c2cc(C(N)=O)cc3c2cnn3C)c1C. The molecule has 118 valence electrons. The molecule has 0 aliphatic heterocycles. The van der Waals surface area contributed by atoms with Crippen molar-refractivity contribution >= 4 is 16.8 Å². The number of carbonyl (C=O) groups is 1. The lowest BCUT2D eigenvalue weighted by Gasteiger charge is -2.15. The fourth-order valence-corrected chi connectivity index (χ4v) is 3.06. The number of nitrogens with two attached hydrogens (primary N) is 1. The topological polar surface area (TPSA) is 70.1 Å². The molecule has 0 bridgehead atoms. The van der Waals surface area contributed by atoms with Crippen LogP contribution in [0.25, 0.3) is 22.0 Å². The second-order valence-corrected chi connectivity index (χ2v) is 5.67. The number of carbonyl (C=O) groups excluding carboxylic acids is 1. The van der Waals surface area contributed by atoms with Crippen LogP contribution in [0.3, 0.4) is 0 Å². The average Bonchev–Trinajstić information content (AvgIpc) is 2.89. The highest BCUT2D eigenvalue weighted by molar-refractivity contribution is 6.04. The van der Waals surface area contributed by atoms with E-state index in [1.54, 1.807) is 17.9 Å². The van der Waals surface area contributed by atoms with E-state index in [1.165, 1.54) is 0 Å². The Bertz CT molecular complexity index is 926. The minimum Gasteiger partial charge on any atom is -0.496 e. The number of hydrogen-bond acceptors (Lipinski definition) is 3. The van der Waals surface area contributed by atoms with Crippen molar-refractivity contribution in [2.45, 2.75) is 13.8 Å². The van der Waals surface area contributed by atoms with Crippen molar-refractivity contribution in [2.24, 2.45) is 12.8 Å². The molecule has 23 heavy (non-hydrogen) atoms. The van der Waals surface area contributed by atoms with Crippen LogP contribution in [-0.2, 0) is 7.05 Å². The van der Waals surface area contributed by atoms with Gasteiger partial charge < -0.3 is 10.5 Å². The van der Waals surface area contributed by atoms with Crippen molar-refractivity contribution in [1.82, 2.24) is 9.78 Å². The molecule has 0 saturated heterocycles. The number of fused-ring (bicyclic) bond motifs is 1. The van der Waals surface area contributed by atoms with Gasteiger partial charge in [-0.3, -0.25) is 9.48 Å². The highest BCUT2D eigenvalue weighted by atomic mass is 16.5. The molecule has 5 nitrogen and oxygen atoms in total. The first kappa shape index (κ1) is 15.1. The lowest BCUT2D eigenvalue weighted by Crippen LogP contribution is -2.11. The number of aromatic nitrogens is 2. The predicted molar refractivity (Wildman–Crippen MR) is 90.7 cm³/mol. The van der Waals surface area contributed by atoms with Crippen molar-refractivity contribution in [3.63, 3.8) is 0 Å². The van der Waals surface area contributed by atoms with Crippen LogP contribution in [0.4, 0.5) is 0 Å². The summed E-state index contributed by atoms with van der Waals surface area (Å²) in [6.07, 6.45) is 1.81. The number of benzene rings is 2. The number of nitrogens with zero attached hydrogens (tertiary/aromatic N) is 2. The van der Waals surface area contributed by atoms with E-state index >= 15 is 0 Å². The molecule has 0 aliphatic rings. The van der Waals surface area contributed by atoms with Gasteiger partial charge >= 0.3 is 0 Å². The number of methoxy groups -OCH3 is 1. The summed E-state index contributed by atoms with van der Waals surface area (Å²) >= 11 is 0. The highest BCUT2D eigenvalue weighted by Crippen LogP contribution is 2.37. The molecule has 0 atom stereocenters. The molecule has 3 aromatic rings. The molecule has 0 aliphatic carbocycles. The molecule has 1 amide bonds. The molecule has 1 aromatic heterocycles. The van der Waals surface area contributed by atoms with E-state index in [2.05, 4.69) is 5.10 Å². The van der Waals surface area contributed by atoms with E-state index in [-0.39, 0.29) is 0 Å². The maximum Gasteiger partial charge on any atom is 0.248 e. The number of rotatable bonds is 3. The largest absolute Gasteiger partial charge is 0.496 e. The molecular formula is C18H19N3O2. The summed E-state index contributed by atoms with van der Waals surface area (Å²) in [5, 5.41) is 5.30. The van der Waals surface area contributed by atoms with E-state index in [1.807, 2.05) is 45.3 Å². The van der Waals surface area contributed by atoms with Crippen LogP contribution in [0.2, 0.25) is 0 Å². The van der Waals surface area contributed by atoms with Gasteiger partial charge in [-0.1, -0.05) is 6.07 Å². The van der Waals surface area contributed by atoms with Gasteiger partial charge in [0.1, 0.15) is 5.75 Å². The Kier molecular flexibility index (Phi) is 3.56. The zero-order valence-corrected chi connectivity index (χ0v) is 13.7. The molecule has 0 unspecified atom stereocenters. The first-order chi connectivity index (χ1) is 10.9. The Labute approximate surface area is 134 Å². The summed E-state index contributed by atoms with van der Waals surface area (Å²) in [5.74, 6) is 0.361. The Balaban J connectivity index is 2.43. The number of ether oxygens (including phenoxy) is 1. The molecule has 0 radical (unpaired) electrons. The van der Waals surface area contributed by atoms with Gasteiger partial charge in [-0.2, -0.15) is 5.10 Å². The number of amides is 1. The van der Waals surface area contributed by atoms with E-state index in [4.69, 9.17) is 10.5 Å². The minimum absolute atomic E-state index is 0.451. The smallest absolute Gasteiger partial charge is 0.248 e. The molecule has 0 saturated carbocycles. The molecular weight excluding hydrogens is 290 g/mol. The average molecular weight is 309 g/mol. The third kappa shape index (κ3) is 2.34. The van der Waals surface area contributed by atoms with Gasteiger partial charge in [0.25, 0.3) is 0 Å². The van der Waals surface area contributed by atoms with Crippen LogP contribution >= 0.6 is 0 Å². The van der Waals surface area contributed by atoms with Crippen LogP contribution in [-0.4, -0.2) is 22.8 Å². The summed E-state index contributed by atoms with van der Waals surface area (Å²) < 4.78 is 7.19. The first-order valence-corrected chi connectivity index (χ1v) is 7.34. The third-order valence-electron chi connectivity index (χ3n) is 4.26. The van der Waals surface area contributed by atoms with E-state index in [9.17, 15) is 4.79 Å². The van der Waals surface area contributed by atoms with E-state index in [0.717, 1.165) is 38.9 Å². The summed E-state index contributed by atoms with van der Waals surface area (Å²) in [5.41, 5.74) is 11.0. The molecule has 2 aromatic carbocycles. The molecule has 0 spiro atoms. The maximum atomic E-state index is 11.7. The van der Waals surface area contributed by atoms with Crippen molar-refractivity contribution in [1.29, 1.82) is 0 Å². The quantitative estimate of drug-likeness (QED) is 0.808. The fourth-order valence-electron chi connectivity index (χ4n) is 3.06. The summed E-state index contributed by atoms with van der Waals surface area (Å²) in [4.78, 5) is 11.7. The predicted octanol–water partition coefficient (Wildman–Crippen LogP) is 2.96. The van der Waals surface area contributed by atoms with Gasteiger partial charge in [-0.05, 0) is 54.3 Å². The van der Waals surface area contributed by atoms with Crippen molar-refractivity contribution in [3.05, 3.63) is 47.2 Å². The van der Waals surface area contributed by atoms with Gasteiger partial charge in [-0.25, -0.2) is 0 Å². The number of hydrogen-bond donors (Lipinski definition) is 1. The Hall–Kier alpha value is -2.82. The molecule has 2 N–H and O–H groups in total. The van der Waals surface area contributed by atoms with Crippen LogP contribution in [0, 0.1) is 13.8 Å². The Morgan fingerprint density at radius 3 is 2.65 bits per heavy atom. The Morgan fingerprint density at radius 1 is 1.26 bits per heavy atom. The van der Waals surface area contributed by atoms with Gasteiger partial charge in [0.2, 0.25) is 5.91 Å². The van der Waals surface area contributed by atoms with E-state index < -0.39 is 5.91 Å². The molecule has 0 fully saturated rings. The zero-order chi connectivity index (χ0) is 16.7. The van der Waals surface area contributed by atoms with Crippen molar-refractivity contribution in [3.8, 4) is 16.9 Å². The monoisotopic (exact) mass is 309 g/mol. The standard InChI is InChI=1S/C18H19N3O2/c1-10-5-6-16(23-4)11(2)17(10)13-7-12(18(19)22)8-15-14(13)9-20-21(15)3/h5-9H,1-4H3,(H2,19,22). The number of aryl methyl sites for hydroxylation is 2. The van der Waals surface area contributed by atoms with Crippen LogP contribution in [0.1, 0.15) is 21.5 Å². The van der Waals surface area contributed by atoms with Gasteiger partial charge in [0.15, 0.2) is 0 Å². The molecule has 3 rings (SSSR count). The van der Waals surface area contributed by atoms with Crippen LogP contribution in [0.5, 0.6) is 5.75 Å². The minimum atomic E-state index is -0.451. The van der Waals surface area contributed by atoms with Gasteiger partial charge in [0.05, 0.1) is 18.8 Å². The first-order valence-electron chi connectivity index (χ1n) is 7.34. The summed E-state index contributed by atoms with van der Waals surface area (Å²) in [6.45, 7) is 4.06. The molecule has 5 heteroatoms. The summed E-state index contributed by atoms with van der Waals surface area (Å²) in [6, 6.07) is 7.58. The molecule has 1 heterocycles. The summed E-state index contributed by atoms with van der Waals surface area (Å²) in [7, 11) is 3.50. The van der Waals surface area contributed by atoms with Gasteiger partial charge in [-0.15, -0.1) is 0 Å². The van der Waals surface area contributed by atoms with Gasteiger partial charge in [0, 0.05) is 18.0 Å². The third-order valence-corrected chi connectivity index (χ3v) is 4.26. The zero-order valence-electron chi connectivity index (χ0n) is 13.7. The lowest BCUT2D eigenvalue weighted by atomic mass is 9.91.